The van der Waals surface area contributed by atoms with Gasteiger partial charge in [-0.05, 0) is 54.4 Å². The molecule has 0 spiro atoms. The van der Waals surface area contributed by atoms with Crippen molar-refractivity contribution >= 4 is 17.4 Å². The Labute approximate surface area is 107 Å². The number of benzene rings is 1. The van der Waals surface area contributed by atoms with Crippen LogP contribution >= 0.6 is 0 Å². The Morgan fingerprint density at radius 3 is 2.28 bits per heavy atom. The van der Waals surface area contributed by atoms with E-state index in [1.807, 2.05) is 6.92 Å². The summed E-state index contributed by atoms with van der Waals surface area (Å²) in [5, 5.41) is 2.78. The van der Waals surface area contributed by atoms with Gasteiger partial charge in [-0.15, -0.1) is 0 Å². The second-order valence-corrected chi connectivity index (χ2v) is 5.65. The first kappa shape index (κ1) is 11.5. The van der Waals surface area contributed by atoms with E-state index in [2.05, 4.69) is 26.1 Å². The molecular weight excluding hydrogens is 226 g/mol. The Morgan fingerprint density at radius 1 is 1.00 bits per heavy atom. The molecule has 0 saturated heterocycles. The first-order valence-corrected chi connectivity index (χ1v) is 6.46. The number of carbonyl (C=O) groups excluding carboxylic acids is 2. The average Bonchev–Trinajstić information content (AvgIpc) is 2.75. The summed E-state index contributed by atoms with van der Waals surface area (Å²) in [6.07, 6.45) is 1.09. The van der Waals surface area contributed by atoms with Gasteiger partial charge in [-0.2, -0.15) is 0 Å². The quantitative estimate of drug-likeness (QED) is 0.712. The van der Waals surface area contributed by atoms with Crippen molar-refractivity contribution in [1.82, 2.24) is 0 Å². The maximum Gasteiger partial charge on any atom is 0.296 e. The summed E-state index contributed by atoms with van der Waals surface area (Å²) in [4.78, 5) is 23.6. The Hall–Kier alpha value is -1.64. The highest BCUT2D eigenvalue weighted by molar-refractivity contribution is 6.52. The van der Waals surface area contributed by atoms with Crippen LogP contribution in [0.2, 0.25) is 0 Å². The van der Waals surface area contributed by atoms with Gasteiger partial charge >= 0.3 is 0 Å². The fourth-order valence-electron chi connectivity index (χ4n) is 3.66. The summed E-state index contributed by atoms with van der Waals surface area (Å²) in [6.45, 7) is 8.41. The summed E-state index contributed by atoms with van der Waals surface area (Å²) in [6, 6.07) is 0. The van der Waals surface area contributed by atoms with E-state index >= 15 is 0 Å². The molecule has 1 heterocycles. The first-order valence-electron chi connectivity index (χ1n) is 6.46. The Balaban J connectivity index is 2.40. The lowest BCUT2D eigenvalue weighted by molar-refractivity contribution is -0.112. The molecule has 3 heteroatoms. The highest BCUT2D eigenvalue weighted by Gasteiger charge is 2.39. The van der Waals surface area contributed by atoms with Crippen LogP contribution < -0.4 is 5.32 Å². The van der Waals surface area contributed by atoms with E-state index in [4.69, 9.17) is 0 Å². The second-order valence-electron chi connectivity index (χ2n) is 5.65. The van der Waals surface area contributed by atoms with Gasteiger partial charge in [0.2, 0.25) is 0 Å². The van der Waals surface area contributed by atoms with Gasteiger partial charge in [0.15, 0.2) is 0 Å². The highest BCUT2D eigenvalue weighted by atomic mass is 16.2. The van der Waals surface area contributed by atoms with E-state index in [0.29, 0.717) is 17.4 Å². The Bertz CT molecular complexity index is 601. The van der Waals surface area contributed by atoms with Crippen LogP contribution in [0.1, 0.15) is 64.7 Å². The molecule has 1 aromatic rings. The minimum absolute atomic E-state index is 0.375. The third-order valence-electron chi connectivity index (χ3n) is 4.52. The number of nitrogens with one attached hydrogen (secondary N) is 1. The largest absolute Gasteiger partial charge is 0.318 e. The third kappa shape index (κ3) is 1.19. The number of amides is 1. The number of rotatable bonds is 0. The van der Waals surface area contributed by atoms with E-state index in [1.54, 1.807) is 0 Å². The van der Waals surface area contributed by atoms with Crippen LogP contribution in [0.25, 0.3) is 0 Å². The lowest BCUT2D eigenvalue weighted by Crippen LogP contribution is -2.13. The van der Waals surface area contributed by atoms with Crippen molar-refractivity contribution in [2.75, 3.05) is 5.32 Å². The van der Waals surface area contributed by atoms with Crippen LogP contribution in [0.5, 0.6) is 0 Å². The van der Waals surface area contributed by atoms with Gasteiger partial charge in [-0.1, -0.05) is 13.8 Å². The van der Waals surface area contributed by atoms with Crippen LogP contribution in [0, 0.1) is 13.8 Å². The normalized spacial score (nSPS) is 25.1. The number of hydrogen-bond acceptors (Lipinski definition) is 2. The van der Waals surface area contributed by atoms with Gasteiger partial charge < -0.3 is 5.32 Å². The highest BCUT2D eigenvalue weighted by Crippen LogP contribution is 2.50. The molecule has 0 bridgehead atoms. The van der Waals surface area contributed by atoms with Gasteiger partial charge in [0.05, 0.1) is 11.3 Å². The van der Waals surface area contributed by atoms with Crippen LogP contribution in [0.4, 0.5) is 5.69 Å². The van der Waals surface area contributed by atoms with Crippen LogP contribution in [0.15, 0.2) is 0 Å². The zero-order chi connectivity index (χ0) is 13.2. The first-order chi connectivity index (χ1) is 8.43. The molecule has 18 heavy (non-hydrogen) atoms. The zero-order valence-corrected chi connectivity index (χ0v) is 11.2. The van der Waals surface area contributed by atoms with Crippen molar-refractivity contribution in [2.24, 2.45) is 0 Å². The van der Waals surface area contributed by atoms with Crippen molar-refractivity contribution in [3.8, 4) is 0 Å². The number of ketones is 1. The topological polar surface area (TPSA) is 46.2 Å². The van der Waals surface area contributed by atoms with Crippen molar-refractivity contribution in [3.63, 3.8) is 0 Å². The van der Waals surface area contributed by atoms with Crippen molar-refractivity contribution in [2.45, 2.75) is 46.0 Å². The molecule has 0 aromatic heterocycles. The summed E-state index contributed by atoms with van der Waals surface area (Å²) >= 11 is 0. The van der Waals surface area contributed by atoms with E-state index in [9.17, 15) is 9.59 Å². The van der Waals surface area contributed by atoms with Gasteiger partial charge in [0.25, 0.3) is 11.7 Å². The van der Waals surface area contributed by atoms with E-state index in [1.165, 1.54) is 16.7 Å². The zero-order valence-electron chi connectivity index (χ0n) is 11.2. The predicted octanol–water partition coefficient (Wildman–Crippen LogP) is 3.05. The molecule has 3 nitrogen and oxygen atoms in total. The van der Waals surface area contributed by atoms with Crippen molar-refractivity contribution in [3.05, 3.63) is 27.8 Å². The molecule has 2 aliphatic rings. The molecule has 1 amide bonds. The third-order valence-corrected chi connectivity index (χ3v) is 4.52. The molecule has 0 saturated carbocycles. The van der Waals surface area contributed by atoms with E-state index < -0.39 is 5.91 Å². The second kappa shape index (κ2) is 3.44. The van der Waals surface area contributed by atoms with Crippen molar-refractivity contribution in [1.29, 1.82) is 0 Å². The van der Waals surface area contributed by atoms with E-state index in [-0.39, 0.29) is 5.78 Å². The molecule has 3 rings (SSSR count). The fourth-order valence-corrected chi connectivity index (χ4v) is 3.66. The molecule has 1 aliphatic heterocycles. The summed E-state index contributed by atoms with van der Waals surface area (Å²) < 4.78 is 0. The monoisotopic (exact) mass is 243 g/mol. The van der Waals surface area contributed by atoms with Crippen LogP contribution in [0.3, 0.4) is 0 Å². The minimum atomic E-state index is -0.479. The molecule has 0 fully saturated rings. The maximum absolute atomic E-state index is 11.9. The lowest BCUT2D eigenvalue weighted by atomic mass is 9.88. The number of Topliss-reactive ketones (excluding diaryl/α,β-unsaturated/α-hetero) is 1. The molecule has 1 aromatic carbocycles. The number of carbonyl (C=O) groups is 2. The average molecular weight is 243 g/mol. The van der Waals surface area contributed by atoms with E-state index in [0.717, 1.165) is 17.7 Å². The molecule has 1 aliphatic carbocycles. The van der Waals surface area contributed by atoms with Gasteiger partial charge in [0, 0.05) is 0 Å². The molecular formula is C15H17NO2. The molecule has 0 radical (unpaired) electrons. The smallest absolute Gasteiger partial charge is 0.296 e. The predicted molar refractivity (Wildman–Crippen MR) is 70.3 cm³/mol. The molecule has 1 N–H and O–H groups in total. The molecule has 94 valence electrons. The number of anilines is 1. The van der Waals surface area contributed by atoms with Gasteiger partial charge in [-0.3, -0.25) is 9.59 Å². The minimum Gasteiger partial charge on any atom is -0.318 e. The summed E-state index contributed by atoms with van der Waals surface area (Å²) in [5.74, 6) is 0.0636. The van der Waals surface area contributed by atoms with Gasteiger partial charge in [0.1, 0.15) is 0 Å². The molecule has 2 atom stereocenters. The van der Waals surface area contributed by atoms with Crippen LogP contribution in [-0.2, 0) is 4.79 Å². The fraction of sp³-hybridized carbons (Fsp3) is 0.467. The standard InChI is InChI=1S/C15H17NO2/c1-6-5-7(2)11-10(6)8(3)9(4)12-13(11)16-15(18)14(12)17/h6-7H,5H2,1-4H3,(H,16,17,18)/t6-,7-/m0/s1. The SMILES string of the molecule is Cc1c(C)c2c(c3c1C(=O)C(=O)N3)[C@@H](C)C[C@@H]2C. The summed E-state index contributed by atoms with van der Waals surface area (Å²) in [7, 11) is 0. The molecule has 0 unspecified atom stereocenters. The van der Waals surface area contributed by atoms with Gasteiger partial charge in [-0.25, -0.2) is 0 Å². The number of fused-ring (bicyclic) bond motifs is 3. The Kier molecular flexibility index (Phi) is 2.19. The Morgan fingerprint density at radius 2 is 1.61 bits per heavy atom. The lowest BCUT2D eigenvalue weighted by Gasteiger charge is -2.17. The number of hydrogen-bond donors (Lipinski definition) is 1. The maximum atomic E-state index is 11.9. The van der Waals surface area contributed by atoms with Crippen molar-refractivity contribution < 1.29 is 9.59 Å². The van der Waals surface area contributed by atoms with Crippen LogP contribution in [-0.4, -0.2) is 11.7 Å². The summed E-state index contributed by atoms with van der Waals surface area (Å²) in [5.41, 5.74) is 6.09.